The molecular weight excluding hydrogens is 354 g/mol. The van der Waals surface area contributed by atoms with E-state index in [4.69, 9.17) is 11.6 Å². The predicted molar refractivity (Wildman–Crippen MR) is 89.2 cm³/mol. The van der Waals surface area contributed by atoms with Gasteiger partial charge in [0.25, 0.3) is 0 Å². The lowest BCUT2D eigenvalue weighted by atomic mass is 9.75. The molecule has 0 bridgehead atoms. The van der Waals surface area contributed by atoms with Crippen molar-refractivity contribution in [3.63, 3.8) is 0 Å². The average Bonchev–Trinajstić information content (AvgIpc) is 3.04. The molecule has 0 radical (unpaired) electrons. The second-order valence-corrected chi connectivity index (χ2v) is 6.79. The third-order valence-electron chi connectivity index (χ3n) is 5.01. The molecule has 3 atom stereocenters. The van der Waals surface area contributed by atoms with Crippen molar-refractivity contribution < 1.29 is 17.6 Å². The van der Waals surface area contributed by atoms with Crippen molar-refractivity contribution in [2.75, 3.05) is 5.32 Å². The summed E-state index contributed by atoms with van der Waals surface area (Å²) in [6.45, 7) is 0. The fourth-order valence-corrected chi connectivity index (χ4v) is 4.18. The third kappa shape index (κ3) is 2.61. The SMILES string of the molecule is Fc1ccccc1[C@@H]1Nc2c(Cl)ccc(C(F)(F)F)c2[C@H]2C=CC[C@H]21. The first-order chi connectivity index (χ1) is 11.9. The zero-order valence-corrected chi connectivity index (χ0v) is 13.7. The summed E-state index contributed by atoms with van der Waals surface area (Å²) in [4.78, 5) is 0. The van der Waals surface area contributed by atoms with Gasteiger partial charge >= 0.3 is 6.18 Å². The monoisotopic (exact) mass is 367 g/mol. The number of halogens is 5. The third-order valence-corrected chi connectivity index (χ3v) is 5.33. The predicted octanol–water partition coefficient (Wildman–Crippen LogP) is 6.32. The molecule has 1 N–H and O–H groups in total. The topological polar surface area (TPSA) is 12.0 Å². The first-order valence-corrected chi connectivity index (χ1v) is 8.33. The number of rotatable bonds is 1. The van der Waals surface area contributed by atoms with Crippen LogP contribution in [0.3, 0.4) is 0 Å². The van der Waals surface area contributed by atoms with Gasteiger partial charge in [-0.15, -0.1) is 0 Å². The van der Waals surface area contributed by atoms with Gasteiger partial charge in [0.2, 0.25) is 0 Å². The van der Waals surface area contributed by atoms with Gasteiger partial charge in [-0.2, -0.15) is 13.2 Å². The molecule has 6 heteroatoms. The van der Waals surface area contributed by atoms with Gasteiger partial charge < -0.3 is 5.32 Å². The summed E-state index contributed by atoms with van der Waals surface area (Å²) in [5.74, 6) is -1.02. The number of alkyl halides is 3. The Hall–Kier alpha value is -2.01. The highest BCUT2D eigenvalue weighted by Gasteiger charge is 2.45. The summed E-state index contributed by atoms with van der Waals surface area (Å²) in [5, 5.41) is 3.31. The maximum atomic E-state index is 14.3. The van der Waals surface area contributed by atoms with Crippen molar-refractivity contribution in [3.05, 3.63) is 76.1 Å². The molecule has 25 heavy (non-hydrogen) atoms. The molecule has 1 aliphatic heterocycles. The van der Waals surface area contributed by atoms with Gasteiger partial charge in [0.1, 0.15) is 5.82 Å². The Kier molecular flexibility index (Phi) is 3.80. The second-order valence-electron chi connectivity index (χ2n) is 6.38. The molecule has 0 aromatic heterocycles. The maximum Gasteiger partial charge on any atom is 0.416 e. The van der Waals surface area contributed by atoms with Crippen molar-refractivity contribution in [2.24, 2.45) is 5.92 Å². The molecule has 1 nitrogen and oxygen atoms in total. The van der Waals surface area contributed by atoms with Crippen LogP contribution >= 0.6 is 11.6 Å². The lowest BCUT2D eigenvalue weighted by Gasteiger charge is -2.39. The standard InChI is InChI=1S/C19H14ClF4N/c20-14-9-8-13(19(22,23)24)16-10-5-3-6-11(10)17(25-18(14)16)12-4-1-2-7-15(12)21/h1-5,7-11,17,25H,6H2/t10-,11+,17+/m0/s1. The minimum absolute atomic E-state index is 0.159. The summed E-state index contributed by atoms with van der Waals surface area (Å²) in [7, 11) is 0. The minimum atomic E-state index is -4.47. The fourth-order valence-electron chi connectivity index (χ4n) is 3.96. The molecule has 0 saturated carbocycles. The average molecular weight is 368 g/mol. The lowest BCUT2D eigenvalue weighted by Crippen LogP contribution is -2.31. The fraction of sp³-hybridized carbons (Fsp3) is 0.263. The highest BCUT2D eigenvalue weighted by molar-refractivity contribution is 6.33. The van der Waals surface area contributed by atoms with Crippen LogP contribution in [0.15, 0.2) is 48.6 Å². The molecular formula is C19H14ClF4N. The molecule has 2 aliphatic rings. The van der Waals surface area contributed by atoms with Crippen LogP contribution < -0.4 is 5.32 Å². The van der Waals surface area contributed by atoms with Crippen LogP contribution in [-0.4, -0.2) is 0 Å². The molecule has 0 unspecified atom stereocenters. The smallest absolute Gasteiger partial charge is 0.376 e. The Balaban J connectivity index is 1.90. The molecule has 0 fully saturated rings. The van der Waals surface area contributed by atoms with E-state index in [1.54, 1.807) is 24.3 Å². The Morgan fingerprint density at radius 2 is 1.84 bits per heavy atom. The van der Waals surface area contributed by atoms with Crippen molar-refractivity contribution in [1.82, 2.24) is 0 Å². The van der Waals surface area contributed by atoms with Gasteiger partial charge in [0, 0.05) is 11.5 Å². The number of allylic oxidation sites excluding steroid dienone is 2. The molecule has 4 rings (SSSR count). The molecule has 0 amide bonds. The molecule has 130 valence electrons. The quantitative estimate of drug-likeness (QED) is 0.459. The van der Waals surface area contributed by atoms with Gasteiger partial charge in [0.05, 0.1) is 22.3 Å². The highest BCUT2D eigenvalue weighted by Crippen LogP contribution is 2.54. The van der Waals surface area contributed by atoms with Crippen molar-refractivity contribution >= 4 is 17.3 Å². The number of fused-ring (bicyclic) bond motifs is 3. The molecule has 0 spiro atoms. The van der Waals surface area contributed by atoms with E-state index in [2.05, 4.69) is 5.32 Å². The molecule has 2 aromatic rings. The Labute approximate surface area is 147 Å². The molecule has 1 aliphatic carbocycles. The summed E-state index contributed by atoms with van der Waals surface area (Å²) < 4.78 is 54.8. The van der Waals surface area contributed by atoms with Gasteiger partial charge in [-0.3, -0.25) is 0 Å². The summed E-state index contributed by atoms with van der Waals surface area (Å²) in [5.41, 5.74) is 0.164. The number of hydrogen-bond donors (Lipinski definition) is 1. The number of nitrogens with one attached hydrogen (secondary N) is 1. The summed E-state index contributed by atoms with van der Waals surface area (Å²) in [6.07, 6.45) is -0.243. The number of hydrogen-bond acceptors (Lipinski definition) is 1. The van der Waals surface area contributed by atoms with Gasteiger partial charge in [-0.25, -0.2) is 4.39 Å². The van der Waals surface area contributed by atoms with Crippen LogP contribution in [0.25, 0.3) is 0 Å². The van der Waals surface area contributed by atoms with Crippen LogP contribution in [0.4, 0.5) is 23.2 Å². The van der Waals surface area contributed by atoms with Crippen LogP contribution in [-0.2, 0) is 6.18 Å². The highest BCUT2D eigenvalue weighted by atomic mass is 35.5. The molecule has 0 saturated heterocycles. The zero-order valence-electron chi connectivity index (χ0n) is 12.9. The van der Waals surface area contributed by atoms with E-state index in [-0.39, 0.29) is 28.0 Å². The number of benzene rings is 2. The Bertz CT molecular complexity index is 859. The van der Waals surface area contributed by atoms with Crippen molar-refractivity contribution in [2.45, 2.75) is 24.6 Å². The van der Waals surface area contributed by atoms with E-state index >= 15 is 0 Å². The lowest BCUT2D eigenvalue weighted by molar-refractivity contribution is -0.138. The molecule has 1 heterocycles. The van der Waals surface area contributed by atoms with E-state index < -0.39 is 23.7 Å². The summed E-state index contributed by atoms with van der Waals surface area (Å²) in [6, 6.07) is 8.17. The maximum absolute atomic E-state index is 14.3. The van der Waals surface area contributed by atoms with Crippen molar-refractivity contribution in [1.29, 1.82) is 0 Å². The first kappa shape index (κ1) is 16.5. The van der Waals surface area contributed by atoms with Crippen LogP contribution in [0.1, 0.15) is 35.1 Å². The van der Waals surface area contributed by atoms with E-state index in [1.807, 2.05) is 6.08 Å². The van der Waals surface area contributed by atoms with Gasteiger partial charge in [-0.1, -0.05) is 42.0 Å². The largest absolute Gasteiger partial charge is 0.416 e. The van der Waals surface area contributed by atoms with Gasteiger partial charge in [0.15, 0.2) is 0 Å². The Morgan fingerprint density at radius 3 is 2.56 bits per heavy atom. The van der Waals surface area contributed by atoms with Gasteiger partial charge in [-0.05, 0) is 36.1 Å². The van der Waals surface area contributed by atoms with E-state index in [1.165, 1.54) is 12.1 Å². The van der Waals surface area contributed by atoms with E-state index in [0.29, 0.717) is 12.0 Å². The normalized spacial score (nSPS) is 24.6. The van der Waals surface area contributed by atoms with Crippen LogP contribution in [0, 0.1) is 11.7 Å². The zero-order chi connectivity index (χ0) is 17.8. The van der Waals surface area contributed by atoms with Crippen LogP contribution in [0.5, 0.6) is 0 Å². The molecule has 2 aromatic carbocycles. The first-order valence-electron chi connectivity index (χ1n) is 7.95. The second kappa shape index (κ2) is 5.77. The minimum Gasteiger partial charge on any atom is -0.376 e. The number of anilines is 1. The van der Waals surface area contributed by atoms with Crippen LogP contribution in [0.2, 0.25) is 5.02 Å². The van der Waals surface area contributed by atoms with Crippen molar-refractivity contribution in [3.8, 4) is 0 Å². The Morgan fingerprint density at radius 1 is 1.08 bits per heavy atom. The summed E-state index contributed by atoms with van der Waals surface area (Å²) >= 11 is 6.20. The van der Waals surface area contributed by atoms with E-state index in [0.717, 1.165) is 6.07 Å². The van der Waals surface area contributed by atoms with E-state index in [9.17, 15) is 17.6 Å².